The van der Waals surface area contributed by atoms with Crippen molar-refractivity contribution in [1.82, 2.24) is 14.5 Å². The van der Waals surface area contributed by atoms with Gasteiger partial charge in [-0.25, -0.2) is 4.98 Å². The van der Waals surface area contributed by atoms with Crippen LogP contribution in [0.25, 0.3) is 0 Å². The molecule has 0 aliphatic carbocycles. The maximum absolute atomic E-state index is 11.8. The fraction of sp³-hybridized carbons (Fsp3) is 0.600. The number of carbonyl (C=O) groups is 1. The van der Waals surface area contributed by atoms with E-state index in [1.165, 1.54) is 0 Å². The molecule has 1 aliphatic rings. The van der Waals surface area contributed by atoms with Gasteiger partial charge in [-0.2, -0.15) is 0 Å². The fourth-order valence-corrected chi connectivity index (χ4v) is 1.83. The molecule has 0 bridgehead atoms. The van der Waals surface area contributed by atoms with Gasteiger partial charge in [0.1, 0.15) is 6.54 Å². The van der Waals surface area contributed by atoms with Crippen molar-refractivity contribution >= 4 is 5.91 Å². The lowest BCUT2D eigenvalue weighted by atomic mass is 10.4. The molecule has 0 radical (unpaired) electrons. The number of amides is 1. The highest BCUT2D eigenvalue weighted by molar-refractivity contribution is 5.76. The molecule has 1 fully saturated rings. The molecule has 1 aromatic rings. The van der Waals surface area contributed by atoms with Crippen LogP contribution in [0.1, 0.15) is 18.5 Å². The Morgan fingerprint density at radius 2 is 2.20 bits per heavy atom. The molecule has 15 heavy (non-hydrogen) atoms. The van der Waals surface area contributed by atoms with Crippen molar-refractivity contribution in [2.75, 3.05) is 13.1 Å². The van der Waals surface area contributed by atoms with Crippen LogP contribution in [-0.4, -0.2) is 38.6 Å². The van der Waals surface area contributed by atoms with E-state index in [1.807, 2.05) is 4.90 Å². The van der Waals surface area contributed by atoms with Crippen molar-refractivity contribution in [1.29, 1.82) is 0 Å². The van der Waals surface area contributed by atoms with Crippen LogP contribution in [0.3, 0.4) is 0 Å². The third-order valence-corrected chi connectivity index (χ3v) is 2.72. The number of hydrogen-bond acceptors (Lipinski definition) is 3. The SMILES string of the molecule is O=C(Cn1cncc1CO)N1CCCC1. The molecule has 5 heteroatoms. The summed E-state index contributed by atoms with van der Waals surface area (Å²) in [5, 5.41) is 9.00. The van der Waals surface area contributed by atoms with Crippen molar-refractivity contribution < 1.29 is 9.90 Å². The van der Waals surface area contributed by atoms with E-state index in [4.69, 9.17) is 5.11 Å². The number of carbonyl (C=O) groups excluding carboxylic acids is 1. The van der Waals surface area contributed by atoms with Gasteiger partial charge in [0, 0.05) is 13.1 Å². The molecule has 0 unspecified atom stereocenters. The van der Waals surface area contributed by atoms with Crippen LogP contribution in [-0.2, 0) is 17.9 Å². The molecule has 0 saturated carbocycles. The van der Waals surface area contributed by atoms with Crippen LogP contribution < -0.4 is 0 Å². The second-order valence-electron chi connectivity index (χ2n) is 3.76. The molecule has 0 atom stereocenters. The molecule has 5 nitrogen and oxygen atoms in total. The van der Waals surface area contributed by atoms with Gasteiger partial charge in [0.15, 0.2) is 0 Å². The first-order valence-corrected chi connectivity index (χ1v) is 5.19. The third kappa shape index (κ3) is 2.18. The fourth-order valence-electron chi connectivity index (χ4n) is 1.83. The zero-order valence-corrected chi connectivity index (χ0v) is 8.59. The van der Waals surface area contributed by atoms with Gasteiger partial charge in [-0.3, -0.25) is 4.79 Å². The molecule has 2 heterocycles. The van der Waals surface area contributed by atoms with E-state index in [9.17, 15) is 4.79 Å². The van der Waals surface area contributed by atoms with Gasteiger partial charge in [0.25, 0.3) is 0 Å². The predicted molar refractivity (Wildman–Crippen MR) is 54.0 cm³/mol. The molecule has 1 saturated heterocycles. The summed E-state index contributed by atoms with van der Waals surface area (Å²) in [6.07, 6.45) is 5.36. The number of aromatic nitrogens is 2. The minimum absolute atomic E-state index is 0.0761. The van der Waals surface area contributed by atoms with E-state index in [1.54, 1.807) is 17.1 Å². The van der Waals surface area contributed by atoms with Crippen LogP contribution in [0.5, 0.6) is 0 Å². The molecule has 0 spiro atoms. The molecule has 2 rings (SSSR count). The summed E-state index contributed by atoms with van der Waals surface area (Å²) in [5.41, 5.74) is 0.683. The van der Waals surface area contributed by atoms with Gasteiger partial charge in [-0.1, -0.05) is 0 Å². The van der Waals surface area contributed by atoms with Gasteiger partial charge in [-0.05, 0) is 12.8 Å². The molecule has 1 N–H and O–H groups in total. The maximum Gasteiger partial charge on any atom is 0.242 e. The van der Waals surface area contributed by atoms with Crippen LogP contribution in [0.15, 0.2) is 12.5 Å². The smallest absolute Gasteiger partial charge is 0.242 e. The average Bonchev–Trinajstić information content (AvgIpc) is 2.87. The normalized spacial score (nSPS) is 15.9. The Kier molecular flexibility index (Phi) is 3.01. The van der Waals surface area contributed by atoms with Gasteiger partial charge in [0.2, 0.25) is 5.91 Å². The van der Waals surface area contributed by atoms with E-state index in [0.29, 0.717) is 5.69 Å². The van der Waals surface area contributed by atoms with E-state index < -0.39 is 0 Å². The summed E-state index contributed by atoms with van der Waals surface area (Å²) in [6.45, 7) is 1.94. The molecule has 1 aromatic heterocycles. The van der Waals surface area contributed by atoms with E-state index in [0.717, 1.165) is 25.9 Å². The molecule has 1 amide bonds. The van der Waals surface area contributed by atoms with Crippen LogP contribution in [0, 0.1) is 0 Å². The molecule has 82 valence electrons. The largest absolute Gasteiger partial charge is 0.390 e. The number of imidazole rings is 1. The van der Waals surface area contributed by atoms with E-state index in [2.05, 4.69) is 4.98 Å². The summed E-state index contributed by atoms with van der Waals surface area (Å²) in [7, 11) is 0. The number of aliphatic hydroxyl groups is 1. The topological polar surface area (TPSA) is 58.4 Å². The van der Waals surface area contributed by atoms with Crippen molar-refractivity contribution in [3.05, 3.63) is 18.2 Å². The van der Waals surface area contributed by atoms with E-state index >= 15 is 0 Å². The Labute approximate surface area is 88.3 Å². The minimum Gasteiger partial charge on any atom is -0.390 e. The average molecular weight is 209 g/mol. The molecular weight excluding hydrogens is 194 g/mol. The summed E-state index contributed by atoms with van der Waals surface area (Å²) < 4.78 is 1.70. The zero-order valence-electron chi connectivity index (χ0n) is 8.59. The van der Waals surface area contributed by atoms with Crippen LogP contribution >= 0.6 is 0 Å². The zero-order chi connectivity index (χ0) is 10.7. The highest BCUT2D eigenvalue weighted by Crippen LogP contribution is 2.09. The second kappa shape index (κ2) is 4.44. The predicted octanol–water partition coefficient (Wildman–Crippen LogP) is -0.00220. The Hall–Kier alpha value is -1.36. The first-order chi connectivity index (χ1) is 7.31. The third-order valence-electron chi connectivity index (χ3n) is 2.72. The lowest BCUT2D eigenvalue weighted by Crippen LogP contribution is -2.31. The summed E-state index contributed by atoms with van der Waals surface area (Å²) >= 11 is 0. The number of hydrogen-bond donors (Lipinski definition) is 1. The Balaban J connectivity index is 1.98. The standard InChI is InChI=1S/C10H15N3O2/c14-7-9-5-11-8-13(9)6-10(15)12-3-1-2-4-12/h5,8,14H,1-4,6-7H2. The lowest BCUT2D eigenvalue weighted by Gasteiger charge is -2.16. The maximum atomic E-state index is 11.8. The monoisotopic (exact) mass is 209 g/mol. The first kappa shape index (κ1) is 10.2. The quantitative estimate of drug-likeness (QED) is 0.762. The lowest BCUT2D eigenvalue weighted by molar-refractivity contribution is -0.130. The Morgan fingerprint density at radius 3 is 2.87 bits per heavy atom. The van der Waals surface area contributed by atoms with Crippen LogP contribution in [0.2, 0.25) is 0 Å². The molecule has 1 aliphatic heterocycles. The first-order valence-electron chi connectivity index (χ1n) is 5.19. The summed E-state index contributed by atoms with van der Waals surface area (Å²) in [5.74, 6) is 0.111. The molecular formula is C10H15N3O2. The number of aliphatic hydroxyl groups excluding tert-OH is 1. The van der Waals surface area contributed by atoms with Gasteiger partial charge < -0.3 is 14.6 Å². The van der Waals surface area contributed by atoms with Gasteiger partial charge in [-0.15, -0.1) is 0 Å². The molecule has 0 aromatic carbocycles. The Bertz CT molecular complexity index is 342. The Morgan fingerprint density at radius 1 is 1.47 bits per heavy atom. The minimum atomic E-state index is -0.0761. The highest BCUT2D eigenvalue weighted by Gasteiger charge is 2.18. The number of rotatable bonds is 3. The van der Waals surface area contributed by atoms with Crippen molar-refractivity contribution in [2.45, 2.75) is 26.0 Å². The van der Waals surface area contributed by atoms with E-state index in [-0.39, 0.29) is 19.1 Å². The number of likely N-dealkylation sites (tertiary alicyclic amines) is 1. The summed E-state index contributed by atoms with van der Waals surface area (Å²) in [4.78, 5) is 17.5. The van der Waals surface area contributed by atoms with Crippen LogP contribution in [0.4, 0.5) is 0 Å². The second-order valence-corrected chi connectivity index (χ2v) is 3.76. The number of nitrogens with zero attached hydrogens (tertiary/aromatic N) is 3. The van der Waals surface area contributed by atoms with Gasteiger partial charge >= 0.3 is 0 Å². The van der Waals surface area contributed by atoms with Crippen molar-refractivity contribution in [3.63, 3.8) is 0 Å². The summed E-state index contributed by atoms with van der Waals surface area (Å²) in [6, 6.07) is 0. The van der Waals surface area contributed by atoms with Gasteiger partial charge in [0.05, 0.1) is 24.8 Å². The highest BCUT2D eigenvalue weighted by atomic mass is 16.3. The van der Waals surface area contributed by atoms with Crippen molar-refractivity contribution in [2.24, 2.45) is 0 Å². The van der Waals surface area contributed by atoms with Crippen molar-refractivity contribution in [3.8, 4) is 0 Å².